The Kier molecular flexibility index (Phi) is 6.38. The van der Waals surface area contributed by atoms with Gasteiger partial charge in [-0.15, -0.1) is 0 Å². The molecule has 0 spiro atoms. The Bertz CT molecular complexity index is 620. The summed E-state index contributed by atoms with van der Waals surface area (Å²) in [4.78, 5) is 38.8. The van der Waals surface area contributed by atoms with Crippen LogP contribution in [0.2, 0.25) is 0 Å². The Morgan fingerprint density at radius 3 is 2.12 bits per heavy atom. The molecule has 25 heavy (non-hydrogen) atoms. The molecule has 2 rings (SSSR count). The first-order chi connectivity index (χ1) is 11.8. The number of piperazine rings is 1. The number of amides is 3. The molecule has 1 N–H and O–H groups in total. The minimum Gasteiger partial charge on any atom is -0.491 e. The number of nitrogens with zero attached hydrogens (tertiary/aromatic N) is 2. The lowest BCUT2D eigenvalue weighted by Gasteiger charge is -2.34. The van der Waals surface area contributed by atoms with Crippen LogP contribution in [0.1, 0.15) is 27.2 Å². The zero-order valence-electron chi connectivity index (χ0n) is 14.9. The van der Waals surface area contributed by atoms with Crippen LogP contribution in [0.3, 0.4) is 0 Å². The SMILES string of the molecule is CC(=O)N1CCN(C(=O)CC(=O)Nc2ccc(OC(C)C)cc2)CC1. The molecule has 7 nitrogen and oxygen atoms in total. The van der Waals surface area contributed by atoms with E-state index < -0.39 is 0 Å². The van der Waals surface area contributed by atoms with Crippen molar-refractivity contribution in [1.29, 1.82) is 0 Å². The molecule has 1 fully saturated rings. The van der Waals surface area contributed by atoms with Gasteiger partial charge in [0.2, 0.25) is 17.7 Å². The molecule has 1 aromatic carbocycles. The molecule has 1 aliphatic rings. The fourth-order valence-corrected chi connectivity index (χ4v) is 2.61. The van der Waals surface area contributed by atoms with Crippen molar-refractivity contribution in [2.24, 2.45) is 0 Å². The normalized spacial score (nSPS) is 14.4. The summed E-state index contributed by atoms with van der Waals surface area (Å²) in [5.74, 6) is 0.166. The molecule has 0 saturated carbocycles. The van der Waals surface area contributed by atoms with Crippen LogP contribution in [0.5, 0.6) is 5.75 Å². The van der Waals surface area contributed by atoms with E-state index in [0.29, 0.717) is 31.9 Å². The summed E-state index contributed by atoms with van der Waals surface area (Å²) in [6.45, 7) is 7.36. The topological polar surface area (TPSA) is 79.0 Å². The van der Waals surface area contributed by atoms with Gasteiger partial charge in [0.05, 0.1) is 6.10 Å². The number of hydrogen-bond acceptors (Lipinski definition) is 4. The van der Waals surface area contributed by atoms with E-state index in [9.17, 15) is 14.4 Å². The van der Waals surface area contributed by atoms with Gasteiger partial charge in [0, 0.05) is 38.8 Å². The smallest absolute Gasteiger partial charge is 0.233 e. The highest BCUT2D eigenvalue weighted by atomic mass is 16.5. The summed E-state index contributed by atoms with van der Waals surface area (Å²) in [5.41, 5.74) is 0.621. The molecule has 1 heterocycles. The number of ether oxygens (including phenoxy) is 1. The molecular formula is C18H25N3O4. The zero-order valence-corrected chi connectivity index (χ0v) is 14.9. The van der Waals surface area contributed by atoms with E-state index in [-0.39, 0.29) is 30.2 Å². The summed E-state index contributed by atoms with van der Waals surface area (Å²) in [7, 11) is 0. The lowest BCUT2D eigenvalue weighted by Crippen LogP contribution is -2.50. The second-order valence-electron chi connectivity index (χ2n) is 6.30. The molecular weight excluding hydrogens is 322 g/mol. The van der Waals surface area contributed by atoms with Crippen molar-refractivity contribution in [2.75, 3.05) is 31.5 Å². The van der Waals surface area contributed by atoms with Crippen molar-refractivity contribution in [3.8, 4) is 5.75 Å². The van der Waals surface area contributed by atoms with Crippen molar-refractivity contribution in [2.45, 2.75) is 33.3 Å². The van der Waals surface area contributed by atoms with E-state index >= 15 is 0 Å². The van der Waals surface area contributed by atoms with Crippen LogP contribution in [0.25, 0.3) is 0 Å². The summed E-state index contributed by atoms with van der Waals surface area (Å²) in [6.07, 6.45) is -0.119. The van der Waals surface area contributed by atoms with Gasteiger partial charge in [0.1, 0.15) is 12.2 Å². The van der Waals surface area contributed by atoms with Gasteiger partial charge < -0.3 is 19.9 Å². The number of carbonyl (C=O) groups is 3. The molecule has 0 radical (unpaired) electrons. The lowest BCUT2D eigenvalue weighted by molar-refractivity contribution is -0.140. The largest absolute Gasteiger partial charge is 0.491 e. The monoisotopic (exact) mass is 347 g/mol. The van der Waals surface area contributed by atoms with Gasteiger partial charge >= 0.3 is 0 Å². The molecule has 0 unspecified atom stereocenters. The quantitative estimate of drug-likeness (QED) is 0.819. The number of nitrogens with one attached hydrogen (secondary N) is 1. The second kappa shape index (κ2) is 8.50. The maximum Gasteiger partial charge on any atom is 0.233 e. The van der Waals surface area contributed by atoms with Gasteiger partial charge in [-0.25, -0.2) is 0 Å². The van der Waals surface area contributed by atoms with E-state index in [0.717, 1.165) is 5.75 Å². The van der Waals surface area contributed by atoms with Gasteiger partial charge in [-0.3, -0.25) is 14.4 Å². The minimum atomic E-state index is -0.350. The highest BCUT2D eigenvalue weighted by Crippen LogP contribution is 2.17. The first-order valence-electron chi connectivity index (χ1n) is 8.45. The van der Waals surface area contributed by atoms with Crippen molar-refractivity contribution < 1.29 is 19.1 Å². The van der Waals surface area contributed by atoms with Crippen LogP contribution in [-0.2, 0) is 14.4 Å². The predicted octanol–water partition coefficient (Wildman–Crippen LogP) is 1.49. The first kappa shape index (κ1) is 18.8. The van der Waals surface area contributed by atoms with E-state index in [1.54, 1.807) is 34.1 Å². The standard InChI is InChI=1S/C18H25N3O4/c1-13(2)25-16-6-4-15(5-7-16)19-17(23)12-18(24)21-10-8-20(9-11-21)14(3)22/h4-7,13H,8-12H2,1-3H3,(H,19,23). The Labute approximate surface area is 147 Å². The van der Waals surface area contributed by atoms with E-state index in [1.165, 1.54) is 6.92 Å². The Hall–Kier alpha value is -2.57. The number of carbonyl (C=O) groups excluding carboxylic acids is 3. The van der Waals surface area contributed by atoms with Crippen molar-refractivity contribution >= 4 is 23.4 Å². The lowest BCUT2D eigenvalue weighted by atomic mass is 10.2. The van der Waals surface area contributed by atoms with Crippen molar-refractivity contribution in [1.82, 2.24) is 9.80 Å². The summed E-state index contributed by atoms with van der Waals surface area (Å²) >= 11 is 0. The first-order valence-corrected chi connectivity index (χ1v) is 8.45. The predicted molar refractivity (Wildman–Crippen MR) is 94.3 cm³/mol. The van der Waals surface area contributed by atoms with Crippen LogP contribution < -0.4 is 10.1 Å². The van der Waals surface area contributed by atoms with E-state index in [1.807, 2.05) is 13.8 Å². The maximum absolute atomic E-state index is 12.2. The van der Waals surface area contributed by atoms with E-state index in [4.69, 9.17) is 4.74 Å². The molecule has 0 aliphatic carbocycles. The van der Waals surface area contributed by atoms with Crippen LogP contribution in [0, 0.1) is 0 Å². The van der Waals surface area contributed by atoms with Crippen LogP contribution in [-0.4, -0.2) is 59.8 Å². The van der Waals surface area contributed by atoms with Gasteiger partial charge in [-0.1, -0.05) is 0 Å². The zero-order chi connectivity index (χ0) is 18.4. The molecule has 0 atom stereocenters. The van der Waals surface area contributed by atoms with Crippen molar-refractivity contribution in [3.63, 3.8) is 0 Å². The number of rotatable bonds is 5. The fraction of sp³-hybridized carbons (Fsp3) is 0.500. The molecule has 0 aromatic heterocycles. The van der Waals surface area contributed by atoms with Crippen LogP contribution in [0.15, 0.2) is 24.3 Å². The minimum absolute atomic E-state index is 0.00901. The fourth-order valence-electron chi connectivity index (χ4n) is 2.61. The Morgan fingerprint density at radius 1 is 1.04 bits per heavy atom. The molecule has 1 saturated heterocycles. The average molecular weight is 347 g/mol. The molecule has 3 amide bonds. The van der Waals surface area contributed by atoms with Gasteiger partial charge in [-0.05, 0) is 38.1 Å². The number of benzene rings is 1. The van der Waals surface area contributed by atoms with Crippen LogP contribution >= 0.6 is 0 Å². The summed E-state index contributed by atoms with van der Waals surface area (Å²) in [6, 6.07) is 7.04. The highest BCUT2D eigenvalue weighted by molar-refractivity contribution is 6.03. The second-order valence-corrected chi connectivity index (χ2v) is 6.30. The summed E-state index contributed by atoms with van der Waals surface area (Å²) in [5, 5.41) is 2.71. The third kappa shape index (κ3) is 5.77. The molecule has 7 heteroatoms. The third-order valence-corrected chi connectivity index (χ3v) is 3.90. The Morgan fingerprint density at radius 2 is 1.60 bits per heavy atom. The third-order valence-electron chi connectivity index (χ3n) is 3.90. The van der Waals surface area contributed by atoms with Crippen LogP contribution in [0.4, 0.5) is 5.69 Å². The number of anilines is 1. The average Bonchev–Trinajstić information content (AvgIpc) is 2.56. The van der Waals surface area contributed by atoms with Gasteiger partial charge in [-0.2, -0.15) is 0 Å². The summed E-state index contributed by atoms with van der Waals surface area (Å²) < 4.78 is 5.54. The van der Waals surface area contributed by atoms with Crippen molar-refractivity contribution in [3.05, 3.63) is 24.3 Å². The maximum atomic E-state index is 12.2. The number of hydrogen-bond donors (Lipinski definition) is 1. The molecule has 1 aromatic rings. The Balaban J connectivity index is 1.80. The molecule has 0 bridgehead atoms. The molecule has 1 aliphatic heterocycles. The van der Waals surface area contributed by atoms with Gasteiger partial charge in [0.25, 0.3) is 0 Å². The highest BCUT2D eigenvalue weighted by Gasteiger charge is 2.23. The molecule has 136 valence electrons. The van der Waals surface area contributed by atoms with Gasteiger partial charge in [0.15, 0.2) is 0 Å². The van der Waals surface area contributed by atoms with E-state index in [2.05, 4.69) is 5.32 Å².